The number of amides is 2. The summed E-state index contributed by atoms with van der Waals surface area (Å²) in [5.41, 5.74) is 0.988. The molecule has 1 aromatic rings. The van der Waals surface area contributed by atoms with Gasteiger partial charge in [0.1, 0.15) is 11.9 Å². The molecule has 0 aromatic heterocycles. The fourth-order valence-corrected chi connectivity index (χ4v) is 4.78. The van der Waals surface area contributed by atoms with E-state index in [1.54, 1.807) is 7.11 Å². The van der Waals surface area contributed by atoms with Crippen molar-refractivity contribution in [1.82, 2.24) is 10.2 Å². The molecule has 1 aromatic carbocycles. The van der Waals surface area contributed by atoms with Gasteiger partial charge in [-0.3, -0.25) is 4.79 Å². The number of fused-ring (bicyclic) bond motifs is 4. The van der Waals surface area contributed by atoms with Crippen LogP contribution in [0.5, 0.6) is 5.75 Å². The molecule has 2 aliphatic heterocycles. The normalized spacial score (nSPS) is 29.9. The number of piperidine rings is 2. The lowest BCUT2D eigenvalue weighted by Gasteiger charge is -2.43. The number of carbonyl (C=O) groups excluding carboxylic acids is 2. The highest BCUT2D eigenvalue weighted by Gasteiger charge is 2.52. The van der Waals surface area contributed by atoms with Crippen LogP contribution in [-0.4, -0.2) is 42.7 Å². The first-order valence-electron chi connectivity index (χ1n) is 9.53. The average Bonchev–Trinajstić information content (AvgIpc) is 3.05. The topological polar surface area (TPSA) is 67.9 Å². The molecule has 4 rings (SSSR count). The van der Waals surface area contributed by atoms with E-state index in [4.69, 9.17) is 9.47 Å². The molecule has 3 aliphatic rings. The van der Waals surface area contributed by atoms with Gasteiger partial charge in [-0.2, -0.15) is 0 Å². The van der Waals surface area contributed by atoms with Crippen molar-refractivity contribution in [1.29, 1.82) is 0 Å². The highest BCUT2D eigenvalue weighted by atomic mass is 16.6. The number of benzene rings is 1. The second kappa shape index (κ2) is 7.17. The van der Waals surface area contributed by atoms with Crippen molar-refractivity contribution < 1.29 is 19.1 Å². The van der Waals surface area contributed by atoms with E-state index in [1.807, 2.05) is 24.3 Å². The Morgan fingerprint density at radius 2 is 2.04 bits per heavy atom. The highest BCUT2D eigenvalue weighted by Crippen LogP contribution is 2.45. The fourth-order valence-electron chi connectivity index (χ4n) is 4.78. The van der Waals surface area contributed by atoms with Crippen molar-refractivity contribution in [3.8, 4) is 5.75 Å². The summed E-state index contributed by atoms with van der Waals surface area (Å²) in [6, 6.07) is 7.83. The van der Waals surface area contributed by atoms with Crippen molar-refractivity contribution in [3.05, 3.63) is 29.8 Å². The van der Waals surface area contributed by atoms with E-state index in [0.29, 0.717) is 18.9 Å². The first kappa shape index (κ1) is 17.2. The number of carbonyl (C=O) groups is 2. The smallest absolute Gasteiger partial charge is 0.407 e. The van der Waals surface area contributed by atoms with Crippen LogP contribution in [0.1, 0.15) is 37.7 Å². The quantitative estimate of drug-likeness (QED) is 0.899. The SMILES string of the molecule is COc1ccc(CNC(=O)OC2CC3CC2[C@H]2CCCCN2C3=O)cc1. The minimum atomic E-state index is -0.395. The summed E-state index contributed by atoms with van der Waals surface area (Å²) >= 11 is 0. The van der Waals surface area contributed by atoms with E-state index in [1.165, 1.54) is 0 Å². The molecule has 140 valence electrons. The van der Waals surface area contributed by atoms with Crippen molar-refractivity contribution in [2.24, 2.45) is 11.8 Å². The lowest BCUT2D eigenvalue weighted by atomic mass is 9.84. The maximum Gasteiger partial charge on any atom is 0.407 e. The first-order valence-corrected chi connectivity index (χ1v) is 9.53. The number of nitrogens with zero attached hydrogens (tertiary/aromatic N) is 1. The van der Waals surface area contributed by atoms with E-state index in [9.17, 15) is 9.59 Å². The fraction of sp³-hybridized carbons (Fsp3) is 0.600. The molecule has 1 saturated carbocycles. The molecule has 2 bridgehead atoms. The van der Waals surface area contributed by atoms with Crippen LogP contribution in [0.25, 0.3) is 0 Å². The molecular weight excluding hydrogens is 332 g/mol. The standard InChI is InChI=1S/C20H26N2O4/c1-25-15-7-5-13(6-8-15)12-21-20(24)26-18-11-14-10-16(18)17-4-2-3-9-22(17)19(14)23/h5-8,14,16-18H,2-4,9-12H2,1H3,(H,21,24)/t14?,16?,17-,18?/m1/s1. The molecule has 26 heavy (non-hydrogen) atoms. The Bertz CT molecular complexity index is 675. The zero-order chi connectivity index (χ0) is 18.1. The number of nitrogens with one attached hydrogen (secondary N) is 1. The second-order valence-electron chi connectivity index (χ2n) is 7.57. The number of hydrogen-bond donors (Lipinski definition) is 1. The zero-order valence-electron chi connectivity index (χ0n) is 15.1. The monoisotopic (exact) mass is 358 g/mol. The van der Waals surface area contributed by atoms with Gasteiger partial charge in [0, 0.05) is 31.0 Å². The van der Waals surface area contributed by atoms with Crippen LogP contribution in [0.3, 0.4) is 0 Å². The van der Waals surface area contributed by atoms with Crippen LogP contribution < -0.4 is 10.1 Å². The Morgan fingerprint density at radius 3 is 2.81 bits per heavy atom. The average molecular weight is 358 g/mol. The van der Waals surface area contributed by atoms with Gasteiger partial charge in [-0.05, 0) is 49.8 Å². The van der Waals surface area contributed by atoms with E-state index in [2.05, 4.69) is 10.2 Å². The molecular formula is C20H26N2O4. The lowest BCUT2D eigenvalue weighted by molar-refractivity contribution is -0.143. The molecule has 6 heteroatoms. The molecule has 0 spiro atoms. The van der Waals surface area contributed by atoms with Gasteiger partial charge in [-0.15, -0.1) is 0 Å². The van der Waals surface area contributed by atoms with Crippen molar-refractivity contribution >= 4 is 12.0 Å². The summed E-state index contributed by atoms with van der Waals surface area (Å²) in [5, 5.41) is 2.83. The second-order valence-corrected chi connectivity index (χ2v) is 7.57. The zero-order valence-corrected chi connectivity index (χ0v) is 15.1. The maximum absolute atomic E-state index is 12.6. The van der Waals surface area contributed by atoms with Gasteiger partial charge in [-0.25, -0.2) is 4.79 Å². The summed E-state index contributed by atoms with van der Waals surface area (Å²) in [5.74, 6) is 1.39. The molecule has 0 radical (unpaired) electrons. The third-order valence-corrected chi connectivity index (χ3v) is 6.08. The first-order chi connectivity index (χ1) is 12.7. The number of rotatable bonds is 4. The third kappa shape index (κ3) is 3.24. The van der Waals surface area contributed by atoms with Gasteiger partial charge in [0.25, 0.3) is 0 Å². The van der Waals surface area contributed by atoms with Gasteiger partial charge >= 0.3 is 6.09 Å². The van der Waals surface area contributed by atoms with E-state index >= 15 is 0 Å². The largest absolute Gasteiger partial charge is 0.497 e. The summed E-state index contributed by atoms with van der Waals surface area (Å²) < 4.78 is 10.9. The van der Waals surface area contributed by atoms with Crippen LogP contribution in [0, 0.1) is 11.8 Å². The Morgan fingerprint density at radius 1 is 1.23 bits per heavy atom. The minimum Gasteiger partial charge on any atom is -0.497 e. The number of methoxy groups -OCH3 is 1. The van der Waals surface area contributed by atoms with E-state index < -0.39 is 6.09 Å². The van der Waals surface area contributed by atoms with Gasteiger partial charge in [-0.1, -0.05) is 12.1 Å². The van der Waals surface area contributed by atoms with Crippen LogP contribution in [-0.2, 0) is 16.1 Å². The molecule has 1 aliphatic carbocycles. The van der Waals surface area contributed by atoms with Crippen LogP contribution >= 0.6 is 0 Å². The van der Waals surface area contributed by atoms with Gasteiger partial charge in [0.15, 0.2) is 0 Å². The lowest BCUT2D eigenvalue weighted by Crippen LogP contribution is -2.53. The van der Waals surface area contributed by atoms with Crippen molar-refractivity contribution in [2.75, 3.05) is 13.7 Å². The van der Waals surface area contributed by atoms with E-state index in [-0.39, 0.29) is 24.0 Å². The number of alkyl carbamates (subject to hydrolysis) is 1. The molecule has 3 fully saturated rings. The molecule has 3 unspecified atom stereocenters. The van der Waals surface area contributed by atoms with Crippen molar-refractivity contribution in [2.45, 2.75) is 50.8 Å². The predicted molar refractivity (Wildman–Crippen MR) is 95.7 cm³/mol. The van der Waals surface area contributed by atoms with Gasteiger partial charge in [0.05, 0.1) is 7.11 Å². The number of ether oxygens (including phenoxy) is 2. The summed E-state index contributed by atoms with van der Waals surface area (Å²) in [6.45, 7) is 1.28. The Balaban J connectivity index is 1.33. The van der Waals surface area contributed by atoms with Gasteiger partial charge in [0.2, 0.25) is 5.91 Å². The van der Waals surface area contributed by atoms with Crippen molar-refractivity contribution in [3.63, 3.8) is 0 Å². The predicted octanol–water partition coefficient (Wildman–Crippen LogP) is 2.71. The molecule has 2 amide bonds. The summed E-state index contributed by atoms with van der Waals surface area (Å²) in [6.07, 6.45) is 4.29. The maximum atomic E-state index is 12.6. The molecule has 2 heterocycles. The molecule has 1 N–H and O–H groups in total. The molecule has 2 saturated heterocycles. The Kier molecular flexibility index (Phi) is 4.74. The van der Waals surface area contributed by atoms with Gasteiger partial charge < -0.3 is 19.7 Å². The molecule has 4 atom stereocenters. The highest BCUT2D eigenvalue weighted by molar-refractivity contribution is 5.81. The van der Waals surface area contributed by atoms with E-state index in [0.717, 1.165) is 43.5 Å². The van der Waals surface area contributed by atoms with Crippen LogP contribution in [0.4, 0.5) is 4.79 Å². The Hall–Kier alpha value is -2.24. The summed E-state index contributed by atoms with van der Waals surface area (Å²) in [7, 11) is 1.63. The van der Waals surface area contributed by atoms with Crippen LogP contribution in [0.2, 0.25) is 0 Å². The molecule has 6 nitrogen and oxygen atoms in total. The Labute approximate surface area is 153 Å². The summed E-state index contributed by atoms with van der Waals surface area (Å²) in [4.78, 5) is 26.9. The third-order valence-electron chi connectivity index (χ3n) is 6.08. The van der Waals surface area contributed by atoms with Crippen LogP contribution in [0.15, 0.2) is 24.3 Å². The number of hydrogen-bond acceptors (Lipinski definition) is 4. The minimum absolute atomic E-state index is 0.0359.